The first-order valence-corrected chi connectivity index (χ1v) is 12.8. The number of carbonyl (C=O) groups excluding carboxylic acids is 2. The number of rotatable bonds is 8. The minimum absolute atomic E-state index is 0.0536. The minimum atomic E-state index is -0.406. The van der Waals surface area contributed by atoms with Gasteiger partial charge in [-0.3, -0.25) is 14.6 Å². The van der Waals surface area contributed by atoms with Crippen LogP contribution in [0.25, 0.3) is 12.2 Å². The van der Waals surface area contributed by atoms with Gasteiger partial charge in [0.15, 0.2) is 0 Å². The molecule has 1 N–H and O–H groups in total. The lowest BCUT2D eigenvalue weighted by atomic mass is 9.99. The monoisotopic (exact) mass is 514 g/mol. The lowest BCUT2D eigenvalue weighted by molar-refractivity contribution is -0.130. The summed E-state index contributed by atoms with van der Waals surface area (Å²) in [4.78, 5) is 38.4. The smallest absolute Gasteiger partial charge is 0.259 e. The summed E-state index contributed by atoms with van der Waals surface area (Å²) in [5.41, 5.74) is 2.97. The number of aliphatic hydroxyl groups excluding tert-OH is 1. The molecular formula is C30H34N4O4. The average Bonchev–Trinajstić information content (AvgIpc) is 2.94. The molecule has 3 aromatic rings. The Bertz CT molecular complexity index is 1270. The molecule has 0 radical (unpaired) electrons. The molecule has 3 heterocycles. The third kappa shape index (κ3) is 6.63. The van der Waals surface area contributed by atoms with Crippen LogP contribution >= 0.6 is 0 Å². The van der Waals surface area contributed by atoms with Crippen LogP contribution < -0.4 is 4.74 Å². The number of amides is 2. The fraction of sp³-hybridized carbons (Fsp3) is 0.333. The summed E-state index contributed by atoms with van der Waals surface area (Å²) < 4.78 is 6.32. The number of likely N-dealkylation sites (N-methyl/N-ethyl adjacent to an activating group) is 1. The van der Waals surface area contributed by atoms with Crippen molar-refractivity contribution in [3.63, 3.8) is 0 Å². The molecule has 8 heteroatoms. The first kappa shape index (κ1) is 27.0. The fourth-order valence-corrected chi connectivity index (χ4v) is 4.37. The molecule has 0 aliphatic carbocycles. The van der Waals surface area contributed by atoms with Crippen molar-refractivity contribution in [3.8, 4) is 5.88 Å². The van der Waals surface area contributed by atoms with Gasteiger partial charge in [0.1, 0.15) is 11.7 Å². The largest absolute Gasteiger partial charge is 0.472 e. The van der Waals surface area contributed by atoms with Crippen LogP contribution in [0.2, 0.25) is 0 Å². The van der Waals surface area contributed by atoms with Gasteiger partial charge in [0.2, 0.25) is 11.8 Å². The topological polar surface area (TPSA) is 95.9 Å². The van der Waals surface area contributed by atoms with Gasteiger partial charge < -0.3 is 19.6 Å². The summed E-state index contributed by atoms with van der Waals surface area (Å²) in [5, 5.41) is 9.88. The first-order valence-electron chi connectivity index (χ1n) is 12.8. The molecule has 1 aliphatic heterocycles. The summed E-state index contributed by atoms with van der Waals surface area (Å²) >= 11 is 0. The van der Waals surface area contributed by atoms with Crippen molar-refractivity contribution < 1.29 is 19.4 Å². The van der Waals surface area contributed by atoms with Crippen molar-refractivity contribution in [1.82, 2.24) is 19.8 Å². The lowest BCUT2D eigenvalue weighted by Gasteiger charge is -2.37. The van der Waals surface area contributed by atoms with Crippen molar-refractivity contribution >= 4 is 24.0 Å². The number of benzene rings is 1. The fourth-order valence-electron chi connectivity index (χ4n) is 4.37. The van der Waals surface area contributed by atoms with E-state index in [-0.39, 0.29) is 42.7 Å². The lowest BCUT2D eigenvalue weighted by Crippen LogP contribution is -2.50. The van der Waals surface area contributed by atoms with Crippen molar-refractivity contribution in [2.75, 3.05) is 26.7 Å². The van der Waals surface area contributed by atoms with E-state index in [4.69, 9.17) is 4.74 Å². The summed E-state index contributed by atoms with van der Waals surface area (Å²) in [6.07, 6.45) is 8.73. The van der Waals surface area contributed by atoms with Gasteiger partial charge in [-0.05, 0) is 35.7 Å². The summed E-state index contributed by atoms with van der Waals surface area (Å²) in [6.45, 7) is 4.34. The second-order valence-electron chi connectivity index (χ2n) is 9.80. The highest BCUT2D eigenvalue weighted by atomic mass is 16.5. The predicted molar refractivity (Wildman–Crippen MR) is 146 cm³/mol. The molecule has 0 saturated heterocycles. The third-order valence-electron chi connectivity index (χ3n) is 6.77. The maximum absolute atomic E-state index is 13.6. The Kier molecular flexibility index (Phi) is 8.86. The Morgan fingerprint density at radius 2 is 1.95 bits per heavy atom. The van der Waals surface area contributed by atoms with Gasteiger partial charge in [-0.25, -0.2) is 4.98 Å². The molecule has 3 atom stereocenters. The molecule has 2 aromatic heterocycles. The molecule has 1 aromatic carbocycles. The summed E-state index contributed by atoms with van der Waals surface area (Å²) in [6, 6.07) is 14.9. The van der Waals surface area contributed by atoms with Crippen LogP contribution in [0.15, 0.2) is 67.1 Å². The number of nitrogens with zero attached hydrogens (tertiary/aromatic N) is 4. The van der Waals surface area contributed by atoms with E-state index in [1.54, 1.807) is 41.5 Å². The maximum atomic E-state index is 13.6. The Labute approximate surface area is 223 Å². The van der Waals surface area contributed by atoms with Crippen molar-refractivity contribution in [3.05, 3.63) is 89.4 Å². The number of aromatic nitrogens is 2. The first-order chi connectivity index (χ1) is 18.4. The second kappa shape index (κ2) is 12.5. The Balaban J connectivity index is 1.59. The summed E-state index contributed by atoms with van der Waals surface area (Å²) in [7, 11) is 1.75. The zero-order valence-electron chi connectivity index (χ0n) is 22.0. The van der Waals surface area contributed by atoms with Crippen molar-refractivity contribution in [2.45, 2.75) is 32.4 Å². The zero-order chi connectivity index (χ0) is 27.1. The third-order valence-corrected chi connectivity index (χ3v) is 6.77. The molecule has 0 fully saturated rings. The Hall–Kier alpha value is -4.04. The standard InChI is InChI=1S/C30H34N4O4/c1-21-18-34(22(2)20-35)30(37)26-14-25(12-11-23-8-5-4-6-9-23)17-32-29(26)38-27(21)19-33(3)28(36)15-24-10-7-13-31-16-24/h4-14,16-17,21-22,27,35H,15,18-20H2,1-3H3/b12-11+/t21-,22-,27+/m0/s1. The zero-order valence-corrected chi connectivity index (χ0v) is 22.0. The SMILES string of the molecule is C[C@H]1CN([C@@H](C)CO)C(=O)c2cc(/C=C/c3ccccc3)cnc2O[C@@H]1CN(C)C(=O)Cc1cccnc1. The van der Waals surface area contributed by atoms with Gasteiger partial charge in [0, 0.05) is 38.1 Å². The van der Waals surface area contributed by atoms with E-state index in [1.165, 1.54) is 0 Å². The highest BCUT2D eigenvalue weighted by molar-refractivity contribution is 5.97. The van der Waals surface area contributed by atoms with E-state index >= 15 is 0 Å². The minimum Gasteiger partial charge on any atom is -0.472 e. The van der Waals surface area contributed by atoms with Crippen LogP contribution in [-0.2, 0) is 11.2 Å². The normalized spacial score (nSPS) is 18.3. The molecule has 1 aliphatic rings. The van der Waals surface area contributed by atoms with Crippen LogP contribution in [0.1, 0.15) is 40.9 Å². The number of hydrogen-bond acceptors (Lipinski definition) is 6. The van der Waals surface area contributed by atoms with E-state index in [9.17, 15) is 14.7 Å². The van der Waals surface area contributed by atoms with Crippen LogP contribution in [0.4, 0.5) is 0 Å². The summed E-state index contributed by atoms with van der Waals surface area (Å²) in [5.74, 6) is -0.182. The average molecular weight is 515 g/mol. The van der Waals surface area contributed by atoms with E-state index < -0.39 is 6.10 Å². The van der Waals surface area contributed by atoms with Gasteiger partial charge in [-0.15, -0.1) is 0 Å². The van der Waals surface area contributed by atoms with Crippen LogP contribution in [0.5, 0.6) is 5.88 Å². The van der Waals surface area contributed by atoms with Gasteiger partial charge in [-0.1, -0.05) is 55.5 Å². The second-order valence-corrected chi connectivity index (χ2v) is 9.80. The Morgan fingerprint density at radius 3 is 2.66 bits per heavy atom. The molecule has 0 bridgehead atoms. The Morgan fingerprint density at radius 1 is 1.18 bits per heavy atom. The number of hydrogen-bond donors (Lipinski definition) is 1. The molecule has 2 amide bonds. The van der Waals surface area contributed by atoms with Gasteiger partial charge >= 0.3 is 0 Å². The van der Waals surface area contributed by atoms with Crippen LogP contribution in [0.3, 0.4) is 0 Å². The molecule has 0 unspecified atom stereocenters. The molecule has 198 valence electrons. The van der Waals surface area contributed by atoms with Gasteiger partial charge in [0.05, 0.1) is 25.6 Å². The van der Waals surface area contributed by atoms with E-state index in [1.807, 2.05) is 68.5 Å². The van der Waals surface area contributed by atoms with Crippen LogP contribution in [0, 0.1) is 5.92 Å². The quantitative estimate of drug-likeness (QED) is 0.494. The maximum Gasteiger partial charge on any atom is 0.259 e. The highest BCUT2D eigenvalue weighted by Crippen LogP contribution is 2.28. The highest BCUT2D eigenvalue weighted by Gasteiger charge is 2.34. The van der Waals surface area contributed by atoms with Crippen molar-refractivity contribution in [2.24, 2.45) is 5.92 Å². The van der Waals surface area contributed by atoms with Crippen molar-refractivity contribution in [1.29, 1.82) is 0 Å². The number of ether oxygens (including phenoxy) is 1. The van der Waals surface area contributed by atoms with Gasteiger partial charge in [-0.2, -0.15) is 0 Å². The van der Waals surface area contributed by atoms with E-state index in [0.29, 0.717) is 18.7 Å². The molecule has 0 spiro atoms. The molecular weight excluding hydrogens is 480 g/mol. The molecule has 0 saturated carbocycles. The van der Waals surface area contributed by atoms with Crippen LogP contribution in [-0.4, -0.2) is 75.6 Å². The molecule has 38 heavy (non-hydrogen) atoms. The molecule has 4 rings (SSSR count). The van der Waals surface area contributed by atoms with E-state index in [0.717, 1.165) is 16.7 Å². The number of carbonyl (C=O) groups is 2. The van der Waals surface area contributed by atoms with Gasteiger partial charge in [0.25, 0.3) is 5.91 Å². The molecule has 8 nitrogen and oxygen atoms in total. The van der Waals surface area contributed by atoms with E-state index in [2.05, 4.69) is 9.97 Å². The number of fused-ring (bicyclic) bond motifs is 1. The predicted octanol–water partition coefficient (Wildman–Crippen LogP) is 3.57. The number of aliphatic hydroxyl groups is 1. The number of pyridine rings is 2.